The summed E-state index contributed by atoms with van der Waals surface area (Å²) >= 11 is 0. The van der Waals surface area contributed by atoms with Gasteiger partial charge in [-0.25, -0.2) is 0 Å². The van der Waals surface area contributed by atoms with Gasteiger partial charge in [0.1, 0.15) is 0 Å². The van der Waals surface area contributed by atoms with Crippen molar-refractivity contribution in [2.75, 3.05) is 26.7 Å². The predicted molar refractivity (Wildman–Crippen MR) is 80.9 cm³/mol. The van der Waals surface area contributed by atoms with Crippen LogP contribution in [0.25, 0.3) is 0 Å². The molecule has 21 heavy (non-hydrogen) atoms. The quantitative estimate of drug-likeness (QED) is 0.838. The maximum absolute atomic E-state index is 12.6. The van der Waals surface area contributed by atoms with Crippen LogP contribution in [0.15, 0.2) is 0 Å². The molecule has 2 rings (SSSR count). The Morgan fingerprint density at radius 1 is 1.29 bits per heavy atom. The van der Waals surface area contributed by atoms with Gasteiger partial charge in [-0.3, -0.25) is 14.5 Å². The molecule has 0 aromatic carbocycles. The molecule has 1 aliphatic heterocycles. The molecule has 120 valence electrons. The Balaban J connectivity index is 1.97. The molecule has 1 amide bonds. The van der Waals surface area contributed by atoms with Crippen LogP contribution in [0.3, 0.4) is 0 Å². The standard InChI is InChI=1S/C16H28N2O3/c1-4-18-7-5-6-12(18)10-17(3)15(19)13-8-11(2)9-14(13)16(20)21/h11-14H,4-10H2,1-3H3,(H,20,21). The molecule has 1 heterocycles. The molecule has 0 radical (unpaired) electrons. The van der Waals surface area contributed by atoms with Gasteiger partial charge in [0.05, 0.1) is 11.8 Å². The van der Waals surface area contributed by atoms with Crippen LogP contribution >= 0.6 is 0 Å². The summed E-state index contributed by atoms with van der Waals surface area (Å²) in [5.74, 6) is -1.30. The van der Waals surface area contributed by atoms with Gasteiger partial charge in [-0.2, -0.15) is 0 Å². The number of amides is 1. The number of carbonyl (C=O) groups excluding carboxylic acids is 1. The maximum Gasteiger partial charge on any atom is 0.307 e. The number of carboxylic acid groups (broad SMARTS) is 1. The second kappa shape index (κ2) is 6.77. The number of hydrogen-bond donors (Lipinski definition) is 1. The second-order valence-corrected chi connectivity index (χ2v) is 6.77. The minimum atomic E-state index is -0.817. The van der Waals surface area contributed by atoms with E-state index in [4.69, 9.17) is 0 Å². The number of likely N-dealkylation sites (N-methyl/N-ethyl adjacent to an activating group) is 2. The highest BCUT2D eigenvalue weighted by atomic mass is 16.4. The predicted octanol–water partition coefficient (Wildman–Crippen LogP) is 1.68. The van der Waals surface area contributed by atoms with Crippen molar-refractivity contribution in [3.63, 3.8) is 0 Å². The lowest BCUT2D eigenvalue weighted by Crippen LogP contribution is -2.44. The van der Waals surface area contributed by atoms with Crippen molar-refractivity contribution in [3.05, 3.63) is 0 Å². The summed E-state index contributed by atoms with van der Waals surface area (Å²) in [5.41, 5.74) is 0. The molecule has 1 N–H and O–H groups in total. The van der Waals surface area contributed by atoms with Crippen LogP contribution in [0.2, 0.25) is 0 Å². The first-order valence-corrected chi connectivity index (χ1v) is 8.15. The molecule has 1 aliphatic carbocycles. The largest absolute Gasteiger partial charge is 0.481 e. The zero-order valence-electron chi connectivity index (χ0n) is 13.4. The molecule has 1 saturated carbocycles. The van der Waals surface area contributed by atoms with Crippen LogP contribution in [0.4, 0.5) is 0 Å². The highest BCUT2D eigenvalue weighted by molar-refractivity contribution is 5.85. The molecule has 5 heteroatoms. The van der Waals surface area contributed by atoms with E-state index in [1.807, 2.05) is 14.0 Å². The number of carboxylic acids is 1. The highest BCUT2D eigenvalue weighted by Crippen LogP contribution is 2.37. The van der Waals surface area contributed by atoms with E-state index in [0.29, 0.717) is 24.8 Å². The Labute approximate surface area is 127 Å². The fourth-order valence-corrected chi connectivity index (χ4v) is 4.04. The average molecular weight is 296 g/mol. The van der Waals surface area contributed by atoms with Crippen molar-refractivity contribution in [2.45, 2.75) is 45.6 Å². The van der Waals surface area contributed by atoms with Crippen LogP contribution in [0.5, 0.6) is 0 Å². The van der Waals surface area contributed by atoms with E-state index in [1.165, 1.54) is 6.42 Å². The maximum atomic E-state index is 12.6. The highest BCUT2D eigenvalue weighted by Gasteiger charge is 2.42. The van der Waals surface area contributed by atoms with Crippen LogP contribution in [0, 0.1) is 17.8 Å². The minimum absolute atomic E-state index is 0.0229. The van der Waals surface area contributed by atoms with Crippen LogP contribution in [-0.2, 0) is 9.59 Å². The van der Waals surface area contributed by atoms with E-state index in [-0.39, 0.29) is 11.8 Å². The van der Waals surface area contributed by atoms with Gasteiger partial charge < -0.3 is 10.0 Å². The van der Waals surface area contributed by atoms with Crippen molar-refractivity contribution < 1.29 is 14.7 Å². The minimum Gasteiger partial charge on any atom is -0.481 e. The molecule has 4 atom stereocenters. The molecule has 2 aliphatic rings. The SMILES string of the molecule is CCN1CCCC1CN(C)C(=O)C1CC(C)CC1C(=O)O. The van der Waals surface area contributed by atoms with Crippen molar-refractivity contribution in [2.24, 2.45) is 17.8 Å². The van der Waals surface area contributed by atoms with Gasteiger partial charge in [-0.1, -0.05) is 13.8 Å². The number of rotatable bonds is 5. The van der Waals surface area contributed by atoms with Crippen LogP contribution < -0.4 is 0 Å². The topological polar surface area (TPSA) is 60.9 Å². The third-order valence-corrected chi connectivity index (χ3v) is 5.20. The monoisotopic (exact) mass is 296 g/mol. The Hall–Kier alpha value is -1.10. The number of hydrogen-bond acceptors (Lipinski definition) is 3. The van der Waals surface area contributed by atoms with Crippen molar-refractivity contribution in [1.29, 1.82) is 0 Å². The third-order valence-electron chi connectivity index (χ3n) is 5.20. The van der Waals surface area contributed by atoms with Gasteiger partial charge in [0.15, 0.2) is 0 Å². The molecular weight excluding hydrogens is 268 g/mol. The molecule has 0 bridgehead atoms. The van der Waals surface area contributed by atoms with Gasteiger partial charge in [0, 0.05) is 19.6 Å². The molecular formula is C16H28N2O3. The molecule has 0 aromatic rings. The summed E-state index contributed by atoms with van der Waals surface area (Å²) in [5, 5.41) is 9.32. The normalized spacial score (nSPS) is 33.3. The van der Waals surface area contributed by atoms with E-state index in [1.54, 1.807) is 4.90 Å². The lowest BCUT2D eigenvalue weighted by atomic mass is 9.94. The molecule has 4 unspecified atom stereocenters. The first-order valence-electron chi connectivity index (χ1n) is 8.15. The summed E-state index contributed by atoms with van der Waals surface area (Å²) in [6.07, 6.45) is 3.67. The molecule has 0 aromatic heterocycles. The summed E-state index contributed by atoms with van der Waals surface area (Å²) in [6.45, 7) is 7.05. The third kappa shape index (κ3) is 3.57. The van der Waals surface area contributed by atoms with E-state index >= 15 is 0 Å². The van der Waals surface area contributed by atoms with E-state index in [2.05, 4.69) is 11.8 Å². The lowest BCUT2D eigenvalue weighted by Gasteiger charge is -2.30. The summed E-state index contributed by atoms with van der Waals surface area (Å²) in [7, 11) is 1.83. The number of carbonyl (C=O) groups is 2. The van der Waals surface area contributed by atoms with E-state index in [0.717, 1.165) is 26.1 Å². The van der Waals surface area contributed by atoms with Crippen molar-refractivity contribution >= 4 is 11.9 Å². The van der Waals surface area contributed by atoms with Gasteiger partial charge in [-0.15, -0.1) is 0 Å². The lowest BCUT2D eigenvalue weighted by molar-refractivity contribution is -0.148. The summed E-state index contributed by atoms with van der Waals surface area (Å²) in [6, 6.07) is 0.436. The van der Waals surface area contributed by atoms with Gasteiger partial charge >= 0.3 is 5.97 Å². The first kappa shape index (κ1) is 16.3. The zero-order chi connectivity index (χ0) is 15.6. The van der Waals surface area contributed by atoms with E-state index < -0.39 is 11.9 Å². The summed E-state index contributed by atoms with van der Waals surface area (Å²) in [4.78, 5) is 28.2. The second-order valence-electron chi connectivity index (χ2n) is 6.77. The Morgan fingerprint density at radius 2 is 1.95 bits per heavy atom. The van der Waals surface area contributed by atoms with E-state index in [9.17, 15) is 14.7 Å². The molecule has 1 saturated heterocycles. The Kier molecular flexibility index (Phi) is 5.25. The summed E-state index contributed by atoms with van der Waals surface area (Å²) < 4.78 is 0. The van der Waals surface area contributed by atoms with Crippen LogP contribution in [-0.4, -0.2) is 59.5 Å². The van der Waals surface area contributed by atoms with Gasteiger partial charge in [0.2, 0.25) is 5.91 Å². The molecule has 0 spiro atoms. The van der Waals surface area contributed by atoms with Gasteiger partial charge in [0.25, 0.3) is 0 Å². The smallest absolute Gasteiger partial charge is 0.307 e. The van der Waals surface area contributed by atoms with Crippen molar-refractivity contribution in [3.8, 4) is 0 Å². The zero-order valence-corrected chi connectivity index (χ0v) is 13.4. The van der Waals surface area contributed by atoms with Gasteiger partial charge in [-0.05, 0) is 44.7 Å². The number of aliphatic carboxylic acids is 1. The fourth-order valence-electron chi connectivity index (χ4n) is 4.04. The Morgan fingerprint density at radius 3 is 2.57 bits per heavy atom. The fraction of sp³-hybridized carbons (Fsp3) is 0.875. The Bertz CT molecular complexity index is 399. The number of likely N-dealkylation sites (tertiary alicyclic amines) is 1. The molecule has 5 nitrogen and oxygen atoms in total. The first-order chi connectivity index (χ1) is 9.93. The van der Waals surface area contributed by atoms with Crippen molar-refractivity contribution in [1.82, 2.24) is 9.80 Å². The molecule has 2 fully saturated rings. The average Bonchev–Trinajstić information content (AvgIpc) is 3.03. The number of nitrogens with zero attached hydrogens (tertiary/aromatic N) is 2. The van der Waals surface area contributed by atoms with Crippen LogP contribution in [0.1, 0.15) is 39.5 Å².